The van der Waals surface area contributed by atoms with Crippen LogP contribution in [0, 0.1) is 0 Å². The zero-order valence-electron chi connectivity index (χ0n) is 15.2. The molecule has 0 unspecified atom stereocenters. The minimum atomic E-state index is -0.127. The molecule has 0 spiro atoms. The Hall–Kier alpha value is -2.08. The summed E-state index contributed by atoms with van der Waals surface area (Å²) in [5.41, 5.74) is 1.94. The Morgan fingerprint density at radius 1 is 0.778 bits per heavy atom. The summed E-state index contributed by atoms with van der Waals surface area (Å²) >= 11 is 11.7. The molecule has 27 heavy (non-hydrogen) atoms. The van der Waals surface area contributed by atoms with Gasteiger partial charge in [-0.2, -0.15) is 0 Å². The first-order chi connectivity index (χ1) is 13.0. The van der Waals surface area contributed by atoms with Crippen LogP contribution in [0.4, 0.5) is 0 Å². The second-order valence-electron chi connectivity index (χ2n) is 6.11. The van der Waals surface area contributed by atoms with E-state index in [1.807, 2.05) is 31.2 Å². The summed E-state index contributed by atoms with van der Waals surface area (Å²) in [5, 5.41) is 7.02. The maximum absolute atomic E-state index is 12.1. The van der Waals surface area contributed by atoms with E-state index in [0.717, 1.165) is 11.1 Å². The van der Waals surface area contributed by atoms with Crippen LogP contribution in [0.5, 0.6) is 0 Å². The lowest BCUT2D eigenvalue weighted by molar-refractivity contribution is -0.125. The normalized spacial score (nSPS) is 10.7. The number of hydrogen-bond donors (Lipinski definition) is 2. The summed E-state index contributed by atoms with van der Waals surface area (Å²) in [4.78, 5) is 26.0. The number of carbonyl (C=O) groups is 2. The first kappa shape index (κ1) is 21.2. The quantitative estimate of drug-likeness (QED) is 0.670. The standard InChI is InChI=1S/C20H23Cl2N3O2/c1-2-25(13-19(26)23-11-15-3-7-17(21)8-4-15)14-20(27)24-12-16-5-9-18(22)10-6-16/h3-10H,2,11-14H2,1H3,(H,23,26)(H,24,27). The van der Waals surface area contributed by atoms with Crippen LogP contribution in [0.1, 0.15) is 18.1 Å². The Morgan fingerprint density at radius 2 is 1.15 bits per heavy atom. The number of nitrogens with zero attached hydrogens (tertiary/aromatic N) is 1. The molecule has 0 aromatic heterocycles. The van der Waals surface area contributed by atoms with Crippen molar-refractivity contribution in [3.8, 4) is 0 Å². The molecule has 0 saturated heterocycles. The Balaban J connectivity index is 1.72. The maximum atomic E-state index is 12.1. The monoisotopic (exact) mass is 407 g/mol. The van der Waals surface area contributed by atoms with Crippen LogP contribution in [-0.4, -0.2) is 36.3 Å². The third-order valence-electron chi connectivity index (χ3n) is 3.99. The van der Waals surface area contributed by atoms with Gasteiger partial charge < -0.3 is 10.6 Å². The number of amides is 2. The third-order valence-corrected chi connectivity index (χ3v) is 4.49. The highest BCUT2D eigenvalue weighted by molar-refractivity contribution is 6.30. The fourth-order valence-electron chi connectivity index (χ4n) is 2.40. The minimum Gasteiger partial charge on any atom is -0.351 e. The van der Waals surface area contributed by atoms with Gasteiger partial charge in [0.05, 0.1) is 13.1 Å². The van der Waals surface area contributed by atoms with Gasteiger partial charge in [0.1, 0.15) is 0 Å². The molecule has 7 heteroatoms. The predicted molar refractivity (Wildman–Crippen MR) is 109 cm³/mol. The molecule has 0 aliphatic heterocycles. The van der Waals surface area contributed by atoms with E-state index >= 15 is 0 Å². The van der Waals surface area contributed by atoms with Gasteiger partial charge in [-0.15, -0.1) is 0 Å². The minimum absolute atomic E-state index is 0.127. The van der Waals surface area contributed by atoms with Crippen LogP contribution in [0.25, 0.3) is 0 Å². The van der Waals surface area contributed by atoms with Gasteiger partial charge in [0.25, 0.3) is 0 Å². The highest BCUT2D eigenvalue weighted by Gasteiger charge is 2.13. The molecule has 2 rings (SSSR count). The van der Waals surface area contributed by atoms with Crippen LogP contribution in [0.15, 0.2) is 48.5 Å². The Labute approximate surface area is 169 Å². The maximum Gasteiger partial charge on any atom is 0.234 e. The van der Waals surface area contributed by atoms with E-state index < -0.39 is 0 Å². The molecule has 0 saturated carbocycles. The number of carbonyl (C=O) groups excluding carboxylic acids is 2. The molecule has 0 heterocycles. The van der Waals surface area contributed by atoms with Crippen molar-refractivity contribution in [3.05, 3.63) is 69.7 Å². The number of nitrogens with one attached hydrogen (secondary N) is 2. The average Bonchev–Trinajstić information content (AvgIpc) is 2.66. The van der Waals surface area contributed by atoms with Crippen molar-refractivity contribution in [2.45, 2.75) is 20.0 Å². The van der Waals surface area contributed by atoms with Crippen molar-refractivity contribution in [1.82, 2.24) is 15.5 Å². The summed E-state index contributed by atoms with van der Waals surface area (Å²) in [6.45, 7) is 3.70. The van der Waals surface area contributed by atoms with Gasteiger partial charge in [0, 0.05) is 23.1 Å². The Kier molecular flexibility index (Phi) is 8.58. The van der Waals surface area contributed by atoms with Gasteiger partial charge in [0.15, 0.2) is 0 Å². The number of benzene rings is 2. The summed E-state index contributed by atoms with van der Waals surface area (Å²) in [7, 11) is 0. The number of likely N-dealkylation sites (N-methyl/N-ethyl adjacent to an activating group) is 1. The van der Waals surface area contributed by atoms with Crippen LogP contribution in [0.2, 0.25) is 10.0 Å². The molecule has 0 atom stereocenters. The molecule has 0 aliphatic rings. The summed E-state index contributed by atoms with van der Waals surface area (Å²) < 4.78 is 0. The van der Waals surface area contributed by atoms with Crippen LogP contribution >= 0.6 is 23.2 Å². The van der Waals surface area contributed by atoms with E-state index in [4.69, 9.17) is 23.2 Å². The van der Waals surface area contributed by atoms with Gasteiger partial charge in [-0.3, -0.25) is 14.5 Å². The topological polar surface area (TPSA) is 61.4 Å². The van der Waals surface area contributed by atoms with Crippen molar-refractivity contribution >= 4 is 35.0 Å². The second kappa shape index (κ2) is 10.9. The molecule has 2 amide bonds. The third kappa shape index (κ3) is 7.99. The highest BCUT2D eigenvalue weighted by atomic mass is 35.5. The molecular formula is C20H23Cl2N3O2. The largest absolute Gasteiger partial charge is 0.351 e. The number of rotatable bonds is 9. The lowest BCUT2D eigenvalue weighted by atomic mass is 10.2. The van der Waals surface area contributed by atoms with Crippen molar-refractivity contribution in [2.75, 3.05) is 19.6 Å². The lowest BCUT2D eigenvalue weighted by Gasteiger charge is -2.19. The van der Waals surface area contributed by atoms with Crippen LogP contribution < -0.4 is 10.6 Å². The zero-order valence-corrected chi connectivity index (χ0v) is 16.7. The lowest BCUT2D eigenvalue weighted by Crippen LogP contribution is -2.42. The summed E-state index contributed by atoms with van der Waals surface area (Å²) in [5.74, 6) is -0.255. The van der Waals surface area contributed by atoms with E-state index in [-0.39, 0.29) is 24.9 Å². The van der Waals surface area contributed by atoms with Crippen LogP contribution in [0.3, 0.4) is 0 Å². The fourth-order valence-corrected chi connectivity index (χ4v) is 2.66. The molecule has 5 nitrogen and oxygen atoms in total. The highest BCUT2D eigenvalue weighted by Crippen LogP contribution is 2.10. The Morgan fingerprint density at radius 3 is 1.48 bits per heavy atom. The van der Waals surface area contributed by atoms with Gasteiger partial charge in [-0.25, -0.2) is 0 Å². The zero-order chi connectivity index (χ0) is 19.6. The molecule has 0 radical (unpaired) electrons. The summed E-state index contributed by atoms with van der Waals surface area (Å²) in [6, 6.07) is 14.6. The first-order valence-electron chi connectivity index (χ1n) is 8.71. The van der Waals surface area contributed by atoms with Gasteiger partial charge in [0.2, 0.25) is 11.8 Å². The number of hydrogen-bond acceptors (Lipinski definition) is 3. The smallest absolute Gasteiger partial charge is 0.234 e. The molecular weight excluding hydrogens is 385 g/mol. The SMILES string of the molecule is CCN(CC(=O)NCc1ccc(Cl)cc1)CC(=O)NCc1ccc(Cl)cc1. The molecule has 0 fully saturated rings. The Bertz CT molecular complexity index is 685. The molecule has 0 aliphatic carbocycles. The van der Waals surface area contributed by atoms with Crippen molar-refractivity contribution < 1.29 is 9.59 Å². The molecule has 2 aromatic rings. The molecule has 2 N–H and O–H groups in total. The predicted octanol–water partition coefficient (Wildman–Crippen LogP) is 3.25. The van der Waals surface area contributed by atoms with Crippen molar-refractivity contribution in [1.29, 1.82) is 0 Å². The van der Waals surface area contributed by atoms with Gasteiger partial charge in [-0.05, 0) is 41.9 Å². The molecule has 144 valence electrons. The summed E-state index contributed by atoms with van der Waals surface area (Å²) in [6.07, 6.45) is 0. The second-order valence-corrected chi connectivity index (χ2v) is 6.98. The van der Waals surface area contributed by atoms with E-state index in [1.54, 1.807) is 29.2 Å². The first-order valence-corrected chi connectivity index (χ1v) is 9.46. The molecule has 2 aromatic carbocycles. The van der Waals surface area contributed by atoms with E-state index in [0.29, 0.717) is 29.7 Å². The number of halogens is 2. The average molecular weight is 408 g/mol. The van der Waals surface area contributed by atoms with Crippen molar-refractivity contribution in [2.24, 2.45) is 0 Å². The van der Waals surface area contributed by atoms with E-state index in [1.165, 1.54) is 0 Å². The van der Waals surface area contributed by atoms with E-state index in [2.05, 4.69) is 10.6 Å². The van der Waals surface area contributed by atoms with E-state index in [9.17, 15) is 9.59 Å². The van der Waals surface area contributed by atoms with Gasteiger partial charge in [-0.1, -0.05) is 54.4 Å². The molecule has 0 bridgehead atoms. The fraction of sp³-hybridized carbons (Fsp3) is 0.300. The van der Waals surface area contributed by atoms with Crippen LogP contribution in [-0.2, 0) is 22.7 Å². The van der Waals surface area contributed by atoms with Crippen molar-refractivity contribution in [3.63, 3.8) is 0 Å². The van der Waals surface area contributed by atoms with Gasteiger partial charge >= 0.3 is 0 Å².